The second kappa shape index (κ2) is 3.68. The summed E-state index contributed by atoms with van der Waals surface area (Å²) in [6.45, 7) is 2.38. The zero-order valence-corrected chi connectivity index (χ0v) is 10.1. The Hall–Kier alpha value is -1.65. The third-order valence-corrected chi connectivity index (χ3v) is 3.22. The van der Waals surface area contributed by atoms with Crippen molar-refractivity contribution < 1.29 is 0 Å². The van der Waals surface area contributed by atoms with Crippen LogP contribution in [0.25, 0.3) is 16.6 Å². The molecule has 0 fully saturated rings. The quantitative estimate of drug-likeness (QED) is 0.717. The lowest BCUT2D eigenvalue weighted by Crippen LogP contribution is -2.04. The molecule has 17 heavy (non-hydrogen) atoms. The number of nitrogens with zero attached hydrogens (tertiary/aromatic N) is 3. The van der Waals surface area contributed by atoms with E-state index in [1.54, 1.807) is 0 Å². The fourth-order valence-electron chi connectivity index (χ4n) is 2.13. The number of fused-ring (bicyclic) bond motifs is 3. The van der Waals surface area contributed by atoms with Crippen molar-refractivity contribution in [2.24, 2.45) is 5.73 Å². The minimum atomic E-state index is 0.338. The van der Waals surface area contributed by atoms with Gasteiger partial charge >= 0.3 is 0 Å². The number of halogens is 1. The van der Waals surface area contributed by atoms with Gasteiger partial charge in [0.05, 0.1) is 17.1 Å². The molecule has 4 nitrogen and oxygen atoms in total. The summed E-state index contributed by atoms with van der Waals surface area (Å²) in [5.74, 6) is 0.720. The van der Waals surface area contributed by atoms with E-state index in [4.69, 9.17) is 17.3 Å². The number of rotatable bonds is 1. The molecule has 0 amide bonds. The molecule has 0 bridgehead atoms. The van der Waals surface area contributed by atoms with Gasteiger partial charge in [0.2, 0.25) is 0 Å². The van der Waals surface area contributed by atoms with Crippen molar-refractivity contribution in [2.75, 3.05) is 0 Å². The summed E-state index contributed by atoms with van der Waals surface area (Å²) < 4.78 is 1.92. The third-order valence-electron chi connectivity index (χ3n) is 2.92. The summed E-state index contributed by atoms with van der Waals surface area (Å²) in [6.07, 6.45) is 0. The van der Waals surface area contributed by atoms with Crippen LogP contribution in [-0.4, -0.2) is 14.6 Å². The summed E-state index contributed by atoms with van der Waals surface area (Å²) in [5.41, 5.74) is 8.51. The summed E-state index contributed by atoms with van der Waals surface area (Å²) in [7, 11) is 0. The smallest absolute Gasteiger partial charge is 0.161 e. The van der Waals surface area contributed by atoms with Crippen molar-refractivity contribution in [2.45, 2.75) is 13.5 Å². The van der Waals surface area contributed by atoms with E-state index in [2.05, 4.69) is 10.2 Å². The van der Waals surface area contributed by atoms with Gasteiger partial charge < -0.3 is 5.73 Å². The summed E-state index contributed by atoms with van der Waals surface area (Å²) in [5, 5.41) is 9.97. The van der Waals surface area contributed by atoms with Crippen molar-refractivity contribution in [1.82, 2.24) is 14.6 Å². The van der Waals surface area contributed by atoms with Gasteiger partial charge in [0.1, 0.15) is 0 Å². The fraction of sp³-hybridized carbons (Fsp3) is 0.167. The van der Waals surface area contributed by atoms with E-state index in [0.29, 0.717) is 11.6 Å². The minimum Gasteiger partial charge on any atom is -0.324 e. The molecule has 0 radical (unpaired) electrons. The van der Waals surface area contributed by atoms with Crippen LogP contribution >= 0.6 is 11.6 Å². The van der Waals surface area contributed by atoms with E-state index < -0.39 is 0 Å². The highest BCUT2D eigenvalue weighted by molar-refractivity contribution is 6.35. The van der Waals surface area contributed by atoms with Crippen molar-refractivity contribution in [3.05, 3.63) is 40.7 Å². The van der Waals surface area contributed by atoms with Crippen LogP contribution in [0.4, 0.5) is 0 Å². The largest absolute Gasteiger partial charge is 0.324 e. The minimum absolute atomic E-state index is 0.338. The summed E-state index contributed by atoms with van der Waals surface area (Å²) in [4.78, 5) is 0. The molecule has 1 aromatic carbocycles. The molecule has 5 heteroatoms. The highest BCUT2D eigenvalue weighted by Gasteiger charge is 2.11. The Bertz CT molecular complexity index is 717. The normalized spacial score (nSPS) is 11.5. The van der Waals surface area contributed by atoms with Crippen LogP contribution in [0.2, 0.25) is 5.02 Å². The van der Waals surface area contributed by atoms with Crippen LogP contribution in [0, 0.1) is 6.92 Å². The monoisotopic (exact) mass is 246 g/mol. The molecular weight excluding hydrogens is 236 g/mol. The van der Waals surface area contributed by atoms with Gasteiger partial charge in [-0.3, -0.25) is 4.40 Å². The van der Waals surface area contributed by atoms with E-state index in [9.17, 15) is 0 Å². The average molecular weight is 247 g/mol. The number of para-hydroxylation sites is 1. The van der Waals surface area contributed by atoms with Gasteiger partial charge in [-0.15, -0.1) is 10.2 Å². The molecule has 3 aromatic rings. The average Bonchev–Trinajstić information content (AvgIpc) is 2.72. The van der Waals surface area contributed by atoms with Gasteiger partial charge in [-0.1, -0.05) is 23.7 Å². The Balaban J connectivity index is 2.63. The molecule has 2 N–H and O–H groups in total. The Labute approximate surface area is 103 Å². The molecule has 3 rings (SSSR count). The molecule has 0 atom stereocenters. The van der Waals surface area contributed by atoms with Crippen LogP contribution in [0.5, 0.6) is 0 Å². The molecule has 0 saturated heterocycles. The highest BCUT2D eigenvalue weighted by Crippen LogP contribution is 2.27. The molecule has 0 unspecified atom stereocenters. The maximum Gasteiger partial charge on any atom is 0.161 e. The molecule has 0 aliphatic rings. The van der Waals surface area contributed by atoms with Crippen molar-refractivity contribution >= 4 is 28.2 Å². The highest BCUT2D eigenvalue weighted by atomic mass is 35.5. The third kappa shape index (κ3) is 1.41. The fourth-order valence-corrected chi connectivity index (χ4v) is 2.39. The van der Waals surface area contributed by atoms with Crippen LogP contribution in [-0.2, 0) is 6.54 Å². The van der Waals surface area contributed by atoms with E-state index in [1.807, 2.05) is 35.6 Å². The van der Waals surface area contributed by atoms with Gasteiger partial charge in [-0.05, 0) is 24.6 Å². The van der Waals surface area contributed by atoms with Gasteiger partial charge in [0.15, 0.2) is 11.5 Å². The van der Waals surface area contributed by atoms with E-state index >= 15 is 0 Å². The van der Waals surface area contributed by atoms with E-state index in [-0.39, 0.29) is 0 Å². The van der Waals surface area contributed by atoms with Crippen molar-refractivity contribution in [1.29, 1.82) is 0 Å². The molecule has 0 aliphatic carbocycles. The Kier molecular flexibility index (Phi) is 2.28. The number of aryl methyl sites for hydroxylation is 1. The number of aromatic nitrogens is 3. The van der Waals surface area contributed by atoms with E-state index in [1.165, 1.54) is 0 Å². The molecule has 86 valence electrons. The molecule has 0 aliphatic heterocycles. The maximum atomic E-state index is 6.28. The number of benzene rings is 1. The lowest BCUT2D eigenvalue weighted by Gasteiger charge is -2.08. The number of nitrogens with two attached hydrogens (primary N) is 1. The predicted octanol–water partition coefficient (Wildman–Crippen LogP) is 2.30. The Morgan fingerprint density at radius 2 is 2.18 bits per heavy atom. The first-order valence-electron chi connectivity index (χ1n) is 5.34. The van der Waals surface area contributed by atoms with Gasteiger partial charge in [0.25, 0.3) is 0 Å². The first kappa shape index (κ1) is 10.5. The van der Waals surface area contributed by atoms with Crippen LogP contribution in [0.1, 0.15) is 11.4 Å². The molecule has 2 aromatic heterocycles. The molecule has 0 spiro atoms. The van der Waals surface area contributed by atoms with Gasteiger partial charge in [-0.25, -0.2) is 0 Å². The van der Waals surface area contributed by atoms with Crippen LogP contribution in [0.15, 0.2) is 24.3 Å². The lowest BCUT2D eigenvalue weighted by molar-refractivity contribution is 0.894. The number of hydrogen-bond donors (Lipinski definition) is 1. The van der Waals surface area contributed by atoms with Crippen molar-refractivity contribution in [3.8, 4) is 0 Å². The molecular formula is C12H11ClN4. The standard InChI is InChI=1S/C12H11ClN4/c1-7-5-10-15-16-11(6-14)17(10)12-8(7)3-2-4-9(12)13/h2-5H,6,14H2,1H3. The zero-order chi connectivity index (χ0) is 12.0. The first-order chi connectivity index (χ1) is 8.22. The van der Waals surface area contributed by atoms with Crippen LogP contribution < -0.4 is 5.73 Å². The summed E-state index contributed by atoms with van der Waals surface area (Å²) >= 11 is 6.28. The second-order valence-electron chi connectivity index (χ2n) is 3.98. The van der Waals surface area contributed by atoms with E-state index in [0.717, 1.165) is 27.9 Å². The van der Waals surface area contributed by atoms with Gasteiger partial charge in [0, 0.05) is 5.39 Å². The number of pyridine rings is 1. The zero-order valence-electron chi connectivity index (χ0n) is 9.31. The Morgan fingerprint density at radius 1 is 1.35 bits per heavy atom. The topological polar surface area (TPSA) is 56.2 Å². The SMILES string of the molecule is Cc1cc2nnc(CN)n2c2c(Cl)cccc12. The molecule has 0 saturated carbocycles. The lowest BCUT2D eigenvalue weighted by atomic mass is 10.1. The maximum absolute atomic E-state index is 6.28. The van der Waals surface area contributed by atoms with Crippen molar-refractivity contribution in [3.63, 3.8) is 0 Å². The second-order valence-corrected chi connectivity index (χ2v) is 4.38. The molecule has 2 heterocycles. The predicted molar refractivity (Wildman–Crippen MR) is 68.1 cm³/mol. The Morgan fingerprint density at radius 3 is 2.94 bits per heavy atom. The first-order valence-corrected chi connectivity index (χ1v) is 5.72. The number of hydrogen-bond acceptors (Lipinski definition) is 3. The van der Waals surface area contributed by atoms with Crippen LogP contribution in [0.3, 0.4) is 0 Å². The van der Waals surface area contributed by atoms with Gasteiger partial charge in [-0.2, -0.15) is 0 Å². The summed E-state index contributed by atoms with van der Waals surface area (Å²) in [6, 6.07) is 7.83.